The zero-order valence-corrected chi connectivity index (χ0v) is 11.1. The number of carboxylic acids is 1. The van der Waals surface area contributed by atoms with Gasteiger partial charge in [0, 0.05) is 17.8 Å². The molecule has 0 aromatic heterocycles. The Kier molecular flexibility index (Phi) is 6.26. The second-order valence-electron chi connectivity index (χ2n) is 4.32. The van der Waals surface area contributed by atoms with Crippen LogP contribution in [-0.4, -0.2) is 59.1 Å². The fourth-order valence-electron chi connectivity index (χ4n) is 1.92. The summed E-state index contributed by atoms with van der Waals surface area (Å²) >= 11 is 1.62. The van der Waals surface area contributed by atoms with Crippen LogP contribution in [0.2, 0.25) is 0 Å². The highest BCUT2D eigenvalue weighted by atomic mass is 32.2. The van der Waals surface area contributed by atoms with Gasteiger partial charge in [-0.3, -0.25) is 0 Å². The summed E-state index contributed by atoms with van der Waals surface area (Å²) in [6.07, 6.45) is 2.65. The van der Waals surface area contributed by atoms with Gasteiger partial charge in [-0.25, -0.2) is 4.79 Å². The Morgan fingerprint density at radius 2 is 2.29 bits per heavy atom. The molecule has 4 atom stereocenters. The van der Waals surface area contributed by atoms with Gasteiger partial charge in [0.25, 0.3) is 0 Å². The number of carboxylic acid groups (broad SMARTS) is 1. The monoisotopic (exact) mass is 263 g/mol. The number of hydrogen-bond donors (Lipinski definition) is 3. The van der Waals surface area contributed by atoms with Crippen LogP contribution in [0, 0.1) is 0 Å². The summed E-state index contributed by atoms with van der Waals surface area (Å²) in [7, 11) is 0. The molecule has 1 heterocycles. The van der Waals surface area contributed by atoms with Crippen molar-refractivity contribution in [2.24, 2.45) is 0 Å². The van der Waals surface area contributed by atoms with Crippen molar-refractivity contribution in [3.8, 4) is 0 Å². The van der Waals surface area contributed by atoms with Crippen LogP contribution in [0.15, 0.2) is 0 Å². The quantitative estimate of drug-likeness (QED) is 0.614. The molecule has 0 bridgehead atoms. The van der Waals surface area contributed by atoms with Crippen LogP contribution in [0.3, 0.4) is 0 Å². The molecule has 0 radical (unpaired) electrons. The van der Waals surface area contributed by atoms with Gasteiger partial charge in [-0.1, -0.05) is 0 Å². The number of aliphatic carboxylic acids is 1. The average Bonchev–Trinajstić information content (AvgIpc) is 2.76. The number of ether oxygens (including phenoxy) is 1. The van der Waals surface area contributed by atoms with Crippen LogP contribution in [0.25, 0.3) is 0 Å². The molecule has 6 heteroatoms. The Bertz CT molecular complexity index is 248. The molecule has 0 saturated carbocycles. The topological polar surface area (TPSA) is 78.8 Å². The van der Waals surface area contributed by atoms with Gasteiger partial charge in [-0.15, -0.1) is 0 Å². The van der Waals surface area contributed by atoms with Crippen LogP contribution in [0.5, 0.6) is 0 Å². The molecule has 1 fully saturated rings. The molecule has 100 valence electrons. The Labute approximate surface area is 106 Å². The summed E-state index contributed by atoms with van der Waals surface area (Å²) in [5.41, 5.74) is 0. The van der Waals surface area contributed by atoms with E-state index in [1.165, 1.54) is 0 Å². The second kappa shape index (κ2) is 7.20. The highest BCUT2D eigenvalue weighted by Gasteiger charge is 2.30. The maximum atomic E-state index is 10.7. The molecule has 17 heavy (non-hydrogen) atoms. The fourth-order valence-corrected chi connectivity index (χ4v) is 2.58. The minimum absolute atomic E-state index is 0.0280. The van der Waals surface area contributed by atoms with Crippen LogP contribution in [0.1, 0.15) is 19.8 Å². The average molecular weight is 263 g/mol. The zero-order chi connectivity index (χ0) is 12.8. The third kappa shape index (κ3) is 4.46. The molecule has 1 rings (SSSR count). The van der Waals surface area contributed by atoms with Crippen molar-refractivity contribution in [1.82, 2.24) is 5.32 Å². The van der Waals surface area contributed by atoms with Gasteiger partial charge in [0.15, 0.2) is 6.10 Å². The lowest BCUT2D eigenvalue weighted by molar-refractivity contribution is -0.149. The third-order valence-corrected chi connectivity index (χ3v) is 4.25. The van der Waals surface area contributed by atoms with Crippen molar-refractivity contribution in [3.05, 3.63) is 0 Å². The normalized spacial score (nSPS) is 27.9. The summed E-state index contributed by atoms with van der Waals surface area (Å²) in [4.78, 5) is 10.7. The van der Waals surface area contributed by atoms with Crippen LogP contribution in [-0.2, 0) is 9.53 Å². The fraction of sp³-hybridized carbons (Fsp3) is 0.909. The van der Waals surface area contributed by atoms with Gasteiger partial charge in [-0.2, -0.15) is 11.8 Å². The summed E-state index contributed by atoms with van der Waals surface area (Å²) in [6, 6.07) is 0.183. The van der Waals surface area contributed by atoms with E-state index >= 15 is 0 Å². The second-order valence-corrected chi connectivity index (χ2v) is 5.39. The van der Waals surface area contributed by atoms with E-state index in [-0.39, 0.29) is 24.0 Å². The van der Waals surface area contributed by atoms with Crippen LogP contribution in [0.4, 0.5) is 0 Å². The van der Waals surface area contributed by atoms with E-state index in [1.54, 1.807) is 11.8 Å². The van der Waals surface area contributed by atoms with Crippen molar-refractivity contribution in [2.75, 3.05) is 19.4 Å². The molecule has 5 nitrogen and oxygen atoms in total. The van der Waals surface area contributed by atoms with E-state index in [0.29, 0.717) is 13.0 Å². The van der Waals surface area contributed by atoms with Gasteiger partial charge in [0.1, 0.15) is 0 Å². The molecule has 3 N–H and O–H groups in total. The van der Waals surface area contributed by atoms with Crippen LogP contribution >= 0.6 is 11.8 Å². The maximum Gasteiger partial charge on any atom is 0.332 e. The third-order valence-electron chi connectivity index (χ3n) is 3.09. The molecule has 0 amide bonds. The van der Waals surface area contributed by atoms with Crippen molar-refractivity contribution < 1.29 is 19.7 Å². The molecule has 1 aliphatic rings. The van der Waals surface area contributed by atoms with Crippen molar-refractivity contribution in [3.63, 3.8) is 0 Å². The minimum atomic E-state index is -0.877. The molecular weight excluding hydrogens is 242 g/mol. The van der Waals surface area contributed by atoms with E-state index in [0.717, 1.165) is 6.42 Å². The Morgan fingerprint density at radius 1 is 1.59 bits per heavy atom. The molecule has 0 aliphatic carbocycles. The maximum absolute atomic E-state index is 10.7. The first-order valence-electron chi connectivity index (χ1n) is 5.83. The molecule has 0 spiro atoms. The number of thioether (sulfide) groups is 1. The number of carbonyl (C=O) groups is 1. The number of rotatable bonds is 7. The summed E-state index contributed by atoms with van der Waals surface area (Å²) in [6.45, 7) is 2.79. The highest BCUT2D eigenvalue weighted by Crippen LogP contribution is 2.19. The first-order chi connectivity index (χ1) is 8.08. The SMILES string of the molecule is CSC(CO)C(C)NCC1CCC(C(=O)O)O1. The van der Waals surface area contributed by atoms with Gasteiger partial charge in [-0.05, 0) is 26.0 Å². The Hall–Kier alpha value is -0.300. The van der Waals surface area contributed by atoms with E-state index < -0.39 is 12.1 Å². The number of aliphatic hydroxyl groups excluding tert-OH is 1. The molecule has 1 aliphatic heterocycles. The molecule has 1 saturated heterocycles. The Balaban J connectivity index is 2.25. The highest BCUT2D eigenvalue weighted by molar-refractivity contribution is 7.99. The Morgan fingerprint density at radius 3 is 2.76 bits per heavy atom. The number of aliphatic hydroxyl groups is 1. The largest absolute Gasteiger partial charge is 0.479 e. The number of hydrogen-bond acceptors (Lipinski definition) is 5. The van der Waals surface area contributed by atoms with E-state index in [2.05, 4.69) is 5.32 Å². The first-order valence-corrected chi connectivity index (χ1v) is 7.12. The standard InChI is InChI=1S/C11H21NO4S/c1-7(10(6-13)17-2)12-5-8-3-4-9(16-8)11(14)15/h7-10,12-13H,3-6H2,1-2H3,(H,14,15). The molecule has 0 aromatic carbocycles. The number of nitrogens with one attached hydrogen (secondary N) is 1. The molecular formula is C11H21NO4S. The van der Waals surface area contributed by atoms with Crippen molar-refractivity contribution in [1.29, 1.82) is 0 Å². The lowest BCUT2D eigenvalue weighted by atomic mass is 10.2. The first kappa shape index (κ1) is 14.8. The van der Waals surface area contributed by atoms with Crippen molar-refractivity contribution >= 4 is 17.7 Å². The van der Waals surface area contributed by atoms with E-state index in [9.17, 15) is 4.79 Å². The van der Waals surface area contributed by atoms with Gasteiger partial charge in [0.05, 0.1) is 12.7 Å². The summed E-state index contributed by atoms with van der Waals surface area (Å²) in [5, 5.41) is 21.4. The van der Waals surface area contributed by atoms with Gasteiger partial charge >= 0.3 is 5.97 Å². The molecule has 4 unspecified atom stereocenters. The van der Waals surface area contributed by atoms with Crippen LogP contribution < -0.4 is 5.32 Å². The lowest BCUT2D eigenvalue weighted by Crippen LogP contribution is -2.41. The predicted molar refractivity (Wildman–Crippen MR) is 67.4 cm³/mol. The van der Waals surface area contributed by atoms with E-state index in [1.807, 2.05) is 13.2 Å². The van der Waals surface area contributed by atoms with Crippen molar-refractivity contribution in [2.45, 2.75) is 43.3 Å². The predicted octanol–water partition coefficient (Wildman–Crippen LogP) is 0.321. The lowest BCUT2D eigenvalue weighted by Gasteiger charge is -2.23. The summed E-state index contributed by atoms with van der Waals surface area (Å²) in [5.74, 6) is -0.877. The smallest absolute Gasteiger partial charge is 0.332 e. The van der Waals surface area contributed by atoms with Gasteiger partial charge in [0.2, 0.25) is 0 Å². The zero-order valence-electron chi connectivity index (χ0n) is 10.3. The summed E-state index contributed by atoms with van der Waals surface area (Å²) < 4.78 is 5.39. The minimum Gasteiger partial charge on any atom is -0.479 e. The van der Waals surface area contributed by atoms with E-state index in [4.69, 9.17) is 14.9 Å². The van der Waals surface area contributed by atoms with Gasteiger partial charge < -0.3 is 20.3 Å². The molecule has 0 aromatic rings.